The van der Waals surface area contributed by atoms with E-state index in [1.807, 2.05) is 25.1 Å². The molecule has 0 saturated carbocycles. The van der Waals surface area contributed by atoms with Crippen LogP contribution < -0.4 is 11.5 Å². The summed E-state index contributed by atoms with van der Waals surface area (Å²) in [7, 11) is 0. The Hall–Kier alpha value is -1.09. The summed E-state index contributed by atoms with van der Waals surface area (Å²) in [6.07, 6.45) is 0. The van der Waals surface area contributed by atoms with Gasteiger partial charge in [0.15, 0.2) is 0 Å². The molecule has 1 rings (SSSR count). The highest BCUT2D eigenvalue weighted by molar-refractivity contribution is 7.80. The molecule has 3 heteroatoms. The van der Waals surface area contributed by atoms with Crippen molar-refractivity contribution in [1.29, 1.82) is 0 Å². The first-order chi connectivity index (χ1) is 5.13. The second-order valence-corrected chi connectivity index (χ2v) is 2.82. The third kappa shape index (κ3) is 1.49. The molecule has 4 N–H and O–H groups in total. The molecule has 0 aromatic heterocycles. The van der Waals surface area contributed by atoms with Gasteiger partial charge in [-0.15, -0.1) is 0 Å². The van der Waals surface area contributed by atoms with Crippen molar-refractivity contribution in [1.82, 2.24) is 0 Å². The molecule has 0 saturated heterocycles. The summed E-state index contributed by atoms with van der Waals surface area (Å²) in [4.78, 5) is 0.398. The Morgan fingerprint density at radius 1 is 1.45 bits per heavy atom. The second kappa shape index (κ2) is 2.88. The number of benzene rings is 1. The highest BCUT2D eigenvalue weighted by Gasteiger charge is 2.01. The van der Waals surface area contributed by atoms with Gasteiger partial charge in [0.25, 0.3) is 0 Å². The minimum atomic E-state index is 0.398. The molecule has 0 aliphatic rings. The summed E-state index contributed by atoms with van der Waals surface area (Å²) in [5.74, 6) is 0. The van der Waals surface area contributed by atoms with Gasteiger partial charge in [0, 0.05) is 11.3 Å². The van der Waals surface area contributed by atoms with Crippen LogP contribution in [0.3, 0.4) is 0 Å². The van der Waals surface area contributed by atoms with Gasteiger partial charge in [-0.3, -0.25) is 0 Å². The van der Waals surface area contributed by atoms with Gasteiger partial charge in [-0.25, -0.2) is 0 Å². The van der Waals surface area contributed by atoms with Gasteiger partial charge in [-0.05, 0) is 18.6 Å². The summed E-state index contributed by atoms with van der Waals surface area (Å²) >= 11 is 4.83. The highest BCUT2D eigenvalue weighted by atomic mass is 32.1. The number of hydrogen-bond acceptors (Lipinski definition) is 2. The fourth-order valence-electron chi connectivity index (χ4n) is 0.920. The molecular formula is C8H10N2S. The maximum Gasteiger partial charge on any atom is 0.104 e. The average Bonchev–Trinajstić information content (AvgIpc) is 1.94. The van der Waals surface area contributed by atoms with Crippen molar-refractivity contribution in [3.63, 3.8) is 0 Å². The summed E-state index contributed by atoms with van der Waals surface area (Å²) in [5, 5.41) is 0. The fourth-order valence-corrected chi connectivity index (χ4v) is 1.14. The molecular weight excluding hydrogens is 156 g/mol. The Morgan fingerprint density at radius 2 is 2.09 bits per heavy atom. The fraction of sp³-hybridized carbons (Fsp3) is 0.125. The normalized spacial score (nSPS) is 9.55. The molecule has 0 unspecified atom stereocenters. The number of thiocarbonyl (C=S) groups is 1. The van der Waals surface area contributed by atoms with Crippen molar-refractivity contribution in [2.75, 3.05) is 5.73 Å². The van der Waals surface area contributed by atoms with Crippen molar-refractivity contribution in [3.8, 4) is 0 Å². The van der Waals surface area contributed by atoms with Gasteiger partial charge in [0.2, 0.25) is 0 Å². The van der Waals surface area contributed by atoms with E-state index in [1.54, 1.807) is 0 Å². The molecule has 0 atom stereocenters. The molecule has 1 aromatic carbocycles. The summed E-state index contributed by atoms with van der Waals surface area (Å²) in [6.45, 7) is 1.91. The first-order valence-electron chi connectivity index (χ1n) is 3.28. The smallest absolute Gasteiger partial charge is 0.104 e. The number of nitrogens with two attached hydrogens (primary N) is 2. The molecule has 0 bridgehead atoms. The summed E-state index contributed by atoms with van der Waals surface area (Å²) < 4.78 is 0. The number of anilines is 1. The van der Waals surface area contributed by atoms with Crippen LogP contribution in [-0.4, -0.2) is 4.99 Å². The van der Waals surface area contributed by atoms with E-state index in [-0.39, 0.29) is 0 Å². The lowest BCUT2D eigenvalue weighted by atomic mass is 10.1. The van der Waals surface area contributed by atoms with Crippen molar-refractivity contribution in [2.24, 2.45) is 5.73 Å². The van der Waals surface area contributed by atoms with E-state index < -0.39 is 0 Å². The van der Waals surface area contributed by atoms with Gasteiger partial charge in [-0.2, -0.15) is 0 Å². The Balaban J connectivity index is 3.27. The van der Waals surface area contributed by atoms with Crippen LogP contribution >= 0.6 is 12.2 Å². The van der Waals surface area contributed by atoms with Crippen LogP contribution in [0.25, 0.3) is 0 Å². The molecule has 1 aromatic rings. The zero-order valence-electron chi connectivity index (χ0n) is 6.29. The van der Waals surface area contributed by atoms with Crippen LogP contribution in [0.4, 0.5) is 5.69 Å². The maximum atomic E-state index is 5.64. The van der Waals surface area contributed by atoms with E-state index in [0.29, 0.717) is 4.99 Å². The highest BCUT2D eigenvalue weighted by Crippen LogP contribution is 2.14. The van der Waals surface area contributed by atoms with Gasteiger partial charge in [0.1, 0.15) is 4.99 Å². The topological polar surface area (TPSA) is 52.0 Å². The van der Waals surface area contributed by atoms with Crippen molar-refractivity contribution < 1.29 is 0 Å². The Bertz CT molecular complexity index is 294. The first kappa shape index (κ1) is 8.01. The van der Waals surface area contributed by atoms with E-state index in [1.165, 1.54) is 0 Å². The molecule has 0 aliphatic carbocycles. The standard InChI is InChI=1S/C8H10N2S/c1-5-6(8(10)11)3-2-4-7(5)9/h2-4H,9H2,1H3,(H2,10,11). The predicted octanol–water partition coefficient (Wildman–Crippen LogP) is 1.21. The van der Waals surface area contributed by atoms with E-state index in [0.717, 1.165) is 16.8 Å². The lowest BCUT2D eigenvalue weighted by Crippen LogP contribution is -2.11. The maximum absolute atomic E-state index is 5.64. The van der Waals surface area contributed by atoms with Gasteiger partial charge in [0.05, 0.1) is 0 Å². The SMILES string of the molecule is Cc1c(N)cccc1C(N)=S. The van der Waals surface area contributed by atoms with E-state index in [4.69, 9.17) is 23.7 Å². The molecule has 0 fully saturated rings. The van der Waals surface area contributed by atoms with Crippen LogP contribution in [0, 0.1) is 6.92 Å². The number of nitrogen functional groups attached to an aromatic ring is 1. The van der Waals surface area contributed by atoms with E-state index >= 15 is 0 Å². The lowest BCUT2D eigenvalue weighted by Gasteiger charge is -2.04. The van der Waals surface area contributed by atoms with Crippen molar-refractivity contribution in [2.45, 2.75) is 6.92 Å². The molecule has 0 amide bonds. The van der Waals surface area contributed by atoms with Gasteiger partial charge < -0.3 is 11.5 Å². The van der Waals surface area contributed by atoms with Crippen LogP contribution in [0.1, 0.15) is 11.1 Å². The number of rotatable bonds is 1. The molecule has 0 heterocycles. The third-order valence-corrected chi connectivity index (χ3v) is 1.86. The quantitative estimate of drug-likeness (QED) is 0.487. The van der Waals surface area contributed by atoms with Crippen molar-refractivity contribution in [3.05, 3.63) is 29.3 Å². The van der Waals surface area contributed by atoms with E-state index in [9.17, 15) is 0 Å². The molecule has 0 aliphatic heterocycles. The van der Waals surface area contributed by atoms with Crippen LogP contribution in [0.15, 0.2) is 18.2 Å². The van der Waals surface area contributed by atoms with Gasteiger partial charge >= 0.3 is 0 Å². The third-order valence-electron chi connectivity index (χ3n) is 1.64. The predicted molar refractivity (Wildman–Crippen MR) is 51.5 cm³/mol. The minimum Gasteiger partial charge on any atom is -0.398 e. The van der Waals surface area contributed by atoms with Gasteiger partial charge in [-0.1, -0.05) is 24.4 Å². The Kier molecular flexibility index (Phi) is 2.10. The van der Waals surface area contributed by atoms with Crippen LogP contribution in [0.2, 0.25) is 0 Å². The van der Waals surface area contributed by atoms with Crippen LogP contribution in [-0.2, 0) is 0 Å². The zero-order chi connectivity index (χ0) is 8.43. The Morgan fingerprint density at radius 3 is 2.55 bits per heavy atom. The molecule has 2 nitrogen and oxygen atoms in total. The monoisotopic (exact) mass is 166 g/mol. The molecule has 11 heavy (non-hydrogen) atoms. The van der Waals surface area contributed by atoms with Crippen LogP contribution in [0.5, 0.6) is 0 Å². The molecule has 58 valence electrons. The number of hydrogen-bond donors (Lipinski definition) is 2. The average molecular weight is 166 g/mol. The summed E-state index contributed by atoms with van der Waals surface area (Å²) in [5.41, 5.74) is 13.7. The summed E-state index contributed by atoms with van der Waals surface area (Å²) in [6, 6.07) is 5.54. The lowest BCUT2D eigenvalue weighted by molar-refractivity contribution is 1.44. The van der Waals surface area contributed by atoms with E-state index in [2.05, 4.69) is 0 Å². The largest absolute Gasteiger partial charge is 0.398 e. The molecule has 0 spiro atoms. The first-order valence-corrected chi connectivity index (χ1v) is 3.68. The zero-order valence-corrected chi connectivity index (χ0v) is 7.11. The minimum absolute atomic E-state index is 0.398. The van der Waals surface area contributed by atoms with Crippen molar-refractivity contribution >= 4 is 22.9 Å². The molecule has 0 radical (unpaired) electrons. The second-order valence-electron chi connectivity index (χ2n) is 2.38. The Labute approximate surface area is 71.2 Å².